The Morgan fingerprint density at radius 1 is 1.05 bits per heavy atom. The summed E-state index contributed by atoms with van der Waals surface area (Å²) in [5.74, 6) is 0. The Bertz CT molecular complexity index is 692. The molecule has 0 radical (unpaired) electrons. The molecule has 2 aromatic rings. The molecule has 1 unspecified atom stereocenters. The summed E-state index contributed by atoms with van der Waals surface area (Å²) < 4.78 is 39.1. The molecule has 2 nitrogen and oxygen atoms in total. The first-order valence-electron chi connectivity index (χ1n) is 6.00. The van der Waals surface area contributed by atoms with Crippen LogP contribution >= 0.6 is 0 Å². The molecule has 0 saturated heterocycles. The fourth-order valence-electron chi connectivity index (χ4n) is 2.39. The van der Waals surface area contributed by atoms with Crippen LogP contribution < -0.4 is 0 Å². The van der Waals surface area contributed by atoms with Gasteiger partial charge in [-0.3, -0.25) is 4.98 Å². The number of halogens is 3. The summed E-state index contributed by atoms with van der Waals surface area (Å²) >= 11 is 0. The van der Waals surface area contributed by atoms with Crippen molar-refractivity contribution in [1.82, 2.24) is 4.98 Å². The topological polar surface area (TPSA) is 33.1 Å². The number of hydrogen-bond donors (Lipinski definition) is 1. The van der Waals surface area contributed by atoms with Gasteiger partial charge in [0.15, 0.2) is 0 Å². The number of pyridine rings is 1. The summed E-state index contributed by atoms with van der Waals surface area (Å²) in [7, 11) is 0. The standard InChI is InChI=1S/C15H10F3NO/c16-15(17,18)12-6-3-7-19-14(12)11-8-13(20)10-5-2-1-4-9(10)11/h1-8,13,20H. The number of nitrogens with zero attached hydrogens (tertiary/aromatic N) is 1. The molecule has 1 atom stereocenters. The molecule has 5 heteroatoms. The molecule has 0 fully saturated rings. The number of alkyl halides is 3. The van der Waals surface area contributed by atoms with Gasteiger partial charge in [0.1, 0.15) is 0 Å². The molecule has 0 spiro atoms. The van der Waals surface area contributed by atoms with E-state index in [1.807, 2.05) is 0 Å². The van der Waals surface area contributed by atoms with Gasteiger partial charge in [0.05, 0.1) is 17.4 Å². The van der Waals surface area contributed by atoms with Crippen molar-refractivity contribution in [2.75, 3.05) is 0 Å². The Kier molecular flexibility index (Phi) is 2.87. The van der Waals surface area contributed by atoms with E-state index in [2.05, 4.69) is 4.98 Å². The van der Waals surface area contributed by atoms with Crippen molar-refractivity contribution >= 4 is 5.57 Å². The molecule has 1 aliphatic carbocycles. The highest BCUT2D eigenvalue weighted by molar-refractivity contribution is 5.85. The van der Waals surface area contributed by atoms with E-state index in [4.69, 9.17) is 0 Å². The maximum atomic E-state index is 13.0. The second-order valence-electron chi connectivity index (χ2n) is 4.51. The lowest BCUT2D eigenvalue weighted by Gasteiger charge is -2.13. The van der Waals surface area contributed by atoms with E-state index < -0.39 is 17.8 Å². The van der Waals surface area contributed by atoms with Gasteiger partial charge in [-0.1, -0.05) is 24.3 Å². The lowest BCUT2D eigenvalue weighted by atomic mass is 9.99. The molecule has 0 aliphatic heterocycles. The zero-order valence-electron chi connectivity index (χ0n) is 10.2. The Labute approximate surface area is 113 Å². The molecular formula is C15H10F3NO. The average Bonchev–Trinajstić information content (AvgIpc) is 2.76. The molecule has 1 heterocycles. The fourth-order valence-corrected chi connectivity index (χ4v) is 2.39. The second-order valence-corrected chi connectivity index (χ2v) is 4.51. The number of fused-ring (bicyclic) bond motifs is 1. The number of aliphatic hydroxyl groups is 1. The SMILES string of the molecule is OC1C=C(c2ncccc2C(F)(F)F)c2ccccc21. The van der Waals surface area contributed by atoms with Crippen LogP contribution in [0.2, 0.25) is 0 Å². The van der Waals surface area contributed by atoms with Gasteiger partial charge in [-0.25, -0.2) is 0 Å². The van der Waals surface area contributed by atoms with Crippen molar-refractivity contribution in [3.05, 3.63) is 71.1 Å². The van der Waals surface area contributed by atoms with Crippen LogP contribution in [0.5, 0.6) is 0 Å². The molecule has 102 valence electrons. The molecule has 0 saturated carbocycles. The smallest absolute Gasteiger partial charge is 0.384 e. The van der Waals surface area contributed by atoms with Crippen LogP contribution in [0.15, 0.2) is 48.7 Å². The molecule has 0 amide bonds. The Morgan fingerprint density at radius 2 is 1.80 bits per heavy atom. The maximum Gasteiger partial charge on any atom is 0.418 e. The molecule has 1 aliphatic rings. The number of aliphatic hydroxyl groups excluding tert-OH is 1. The molecular weight excluding hydrogens is 267 g/mol. The summed E-state index contributed by atoms with van der Waals surface area (Å²) in [6.45, 7) is 0. The zero-order valence-corrected chi connectivity index (χ0v) is 10.2. The van der Waals surface area contributed by atoms with Crippen LogP contribution in [0.25, 0.3) is 5.57 Å². The third-order valence-corrected chi connectivity index (χ3v) is 3.26. The number of rotatable bonds is 1. The average molecular weight is 277 g/mol. The molecule has 20 heavy (non-hydrogen) atoms. The van der Waals surface area contributed by atoms with Crippen molar-refractivity contribution in [1.29, 1.82) is 0 Å². The Morgan fingerprint density at radius 3 is 2.55 bits per heavy atom. The third kappa shape index (κ3) is 2.00. The summed E-state index contributed by atoms with van der Waals surface area (Å²) in [4.78, 5) is 3.86. The van der Waals surface area contributed by atoms with Crippen molar-refractivity contribution < 1.29 is 18.3 Å². The normalized spacial score (nSPS) is 17.8. The van der Waals surface area contributed by atoms with Gasteiger partial charge in [-0.15, -0.1) is 0 Å². The lowest BCUT2D eigenvalue weighted by Crippen LogP contribution is -2.10. The van der Waals surface area contributed by atoms with Gasteiger partial charge in [-0.05, 0) is 29.3 Å². The van der Waals surface area contributed by atoms with E-state index in [1.165, 1.54) is 18.3 Å². The first kappa shape index (κ1) is 12.9. The number of hydrogen-bond acceptors (Lipinski definition) is 2. The first-order chi connectivity index (χ1) is 9.48. The van der Waals surface area contributed by atoms with Crippen molar-refractivity contribution in [2.24, 2.45) is 0 Å². The van der Waals surface area contributed by atoms with Crippen LogP contribution in [0, 0.1) is 0 Å². The van der Waals surface area contributed by atoms with Gasteiger partial charge in [0, 0.05) is 11.8 Å². The van der Waals surface area contributed by atoms with Gasteiger partial charge in [-0.2, -0.15) is 13.2 Å². The van der Waals surface area contributed by atoms with Crippen LogP contribution in [-0.4, -0.2) is 10.1 Å². The summed E-state index contributed by atoms with van der Waals surface area (Å²) in [5, 5.41) is 9.92. The van der Waals surface area contributed by atoms with Crippen molar-refractivity contribution in [2.45, 2.75) is 12.3 Å². The first-order valence-corrected chi connectivity index (χ1v) is 6.00. The predicted molar refractivity (Wildman–Crippen MR) is 67.7 cm³/mol. The predicted octanol–water partition coefficient (Wildman–Crippen LogP) is 3.58. The minimum Gasteiger partial charge on any atom is -0.384 e. The van der Waals surface area contributed by atoms with E-state index in [-0.39, 0.29) is 5.69 Å². The minimum absolute atomic E-state index is 0.149. The van der Waals surface area contributed by atoms with Crippen molar-refractivity contribution in [3.63, 3.8) is 0 Å². The minimum atomic E-state index is -4.48. The third-order valence-electron chi connectivity index (χ3n) is 3.26. The highest BCUT2D eigenvalue weighted by Crippen LogP contribution is 2.41. The largest absolute Gasteiger partial charge is 0.418 e. The van der Waals surface area contributed by atoms with E-state index in [9.17, 15) is 18.3 Å². The Balaban J connectivity index is 2.19. The van der Waals surface area contributed by atoms with Crippen LogP contribution in [-0.2, 0) is 6.18 Å². The summed E-state index contributed by atoms with van der Waals surface area (Å²) in [6, 6.07) is 9.09. The number of aromatic nitrogens is 1. The molecule has 3 rings (SSSR count). The fraction of sp³-hybridized carbons (Fsp3) is 0.133. The molecule has 1 aromatic heterocycles. The highest BCUT2D eigenvalue weighted by Gasteiger charge is 2.36. The lowest BCUT2D eigenvalue weighted by molar-refractivity contribution is -0.138. The van der Waals surface area contributed by atoms with E-state index in [1.54, 1.807) is 24.3 Å². The summed E-state index contributed by atoms with van der Waals surface area (Å²) in [5.41, 5.74) is 0.561. The van der Waals surface area contributed by atoms with Crippen molar-refractivity contribution in [3.8, 4) is 0 Å². The molecule has 1 N–H and O–H groups in total. The molecule has 1 aromatic carbocycles. The monoisotopic (exact) mass is 277 g/mol. The quantitative estimate of drug-likeness (QED) is 0.864. The van der Waals surface area contributed by atoms with Gasteiger partial charge in [0.2, 0.25) is 0 Å². The maximum absolute atomic E-state index is 13.0. The van der Waals surface area contributed by atoms with Crippen LogP contribution in [0.4, 0.5) is 13.2 Å². The second kappa shape index (κ2) is 4.45. The van der Waals surface area contributed by atoms with Gasteiger partial charge >= 0.3 is 6.18 Å². The van der Waals surface area contributed by atoms with Gasteiger partial charge in [0.25, 0.3) is 0 Å². The number of benzene rings is 1. The Hall–Kier alpha value is -2.14. The van der Waals surface area contributed by atoms with E-state index >= 15 is 0 Å². The van der Waals surface area contributed by atoms with Crippen LogP contribution in [0.3, 0.4) is 0 Å². The van der Waals surface area contributed by atoms with Crippen LogP contribution in [0.1, 0.15) is 28.5 Å². The van der Waals surface area contributed by atoms with E-state index in [0.29, 0.717) is 16.7 Å². The summed E-state index contributed by atoms with van der Waals surface area (Å²) in [6.07, 6.45) is -2.65. The zero-order chi connectivity index (χ0) is 14.3. The van der Waals surface area contributed by atoms with E-state index in [0.717, 1.165) is 6.07 Å². The highest BCUT2D eigenvalue weighted by atomic mass is 19.4. The molecule has 0 bridgehead atoms. The van der Waals surface area contributed by atoms with Gasteiger partial charge < -0.3 is 5.11 Å².